The number of halogens is 1. The summed E-state index contributed by atoms with van der Waals surface area (Å²) in [6.07, 6.45) is 4.70. The summed E-state index contributed by atoms with van der Waals surface area (Å²) in [5, 5.41) is 9.47. The normalized spacial score (nSPS) is 10.4. The van der Waals surface area contributed by atoms with E-state index in [1.807, 2.05) is 12.2 Å². The van der Waals surface area contributed by atoms with Gasteiger partial charge in [0.15, 0.2) is 5.12 Å². The number of hydrogen-bond donors (Lipinski definition) is 0. The highest BCUT2D eigenvalue weighted by Crippen LogP contribution is 2.16. The second kappa shape index (κ2) is 7.16. The van der Waals surface area contributed by atoms with Crippen molar-refractivity contribution in [2.24, 2.45) is 0 Å². The lowest BCUT2D eigenvalue weighted by Crippen LogP contribution is -1.84. The lowest BCUT2D eigenvalue weighted by atomic mass is 10.1. The molecule has 4 heteroatoms. The molecule has 1 aromatic rings. The number of nitriles is 1. The van der Waals surface area contributed by atoms with Gasteiger partial charge in [0, 0.05) is 17.7 Å². The third-order valence-electron chi connectivity index (χ3n) is 1.95. The maximum Gasteiger partial charge on any atom is 0.185 e. The smallest absolute Gasteiger partial charge is 0.185 e. The standard InChI is InChI=1S/C13H12ClNOS/c1-10(16)17-5-3-2-4-11-6-12(9-15)8-13(14)7-11/h2,4,6-8H,3,5H2,1H3. The van der Waals surface area contributed by atoms with E-state index in [9.17, 15) is 4.79 Å². The van der Waals surface area contributed by atoms with Crippen molar-refractivity contribution in [3.8, 4) is 6.07 Å². The highest BCUT2D eigenvalue weighted by Gasteiger charge is 1.96. The summed E-state index contributed by atoms with van der Waals surface area (Å²) in [7, 11) is 0. The average molecular weight is 266 g/mol. The Morgan fingerprint density at radius 2 is 2.29 bits per heavy atom. The first kappa shape index (κ1) is 13.8. The van der Waals surface area contributed by atoms with Crippen molar-refractivity contribution in [1.29, 1.82) is 5.26 Å². The molecule has 0 unspecified atom stereocenters. The quantitative estimate of drug-likeness (QED) is 0.776. The molecule has 0 aromatic heterocycles. The van der Waals surface area contributed by atoms with E-state index in [2.05, 4.69) is 6.07 Å². The minimum Gasteiger partial charge on any atom is -0.288 e. The lowest BCUT2D eigenvalue weighted by Gasteiger charge is -1.97. The predicted octanol–water partition coefficient (Wildman–Crippen LogP) is 3.89. The molecule has 0 bridgehead atoms. The lowest BCUT2D eigenvalue weighted by molar-refractivity contribution is -0.109. The number of benzene rings is 1. The summed E-state index contributed by atoms with van der Waals surface area (Å²) in [5.74, 6) is 0.775. The van der Waals surface area contributed by atoms with Gasteiger partial charge in [0.05, 0.1) is 11.6 Å². The molecule has 0 radical (unpaired) electrons. The fourth-order valence-corrected chi connectivity index (χ4v) is 2.05. The van der Waals surface area contributed by atoms with Crippen molar-refractivity contribution in [2.75, 3.05) is 5.75 Å². The molecule has 1 rings (SSSR count). The number of carbonyl (C=O) groups is 1. The number of allylic oxidation sites excluding steroid dienone is 1. The molecular weight excluding hydrogens is 254 g/mol. The molecule has 0 aliphatic carbocycles. The Morgan fingerprint density at radius 3 is 2.94 bits per heavy atom. The average Bonchev–Trinajstić information content (AvgIpc) is 2.27. The van der Waals surface area contributed by atoms with E-state index < -0.39 is 0 Å². The Hall–Kier alpha value is -1.24. The molecule has 0 aliphatic heterocycles. The zero-order valence-electron chi connectivity index (χ0n) is 9.44. The molecule has 0 N–H and O–H groups in total. The van der Waals surface area contributed by atoms with Gasteiger partial charge >= 0.3 is 0 Å². The Morgan fingerprint density at radius 1 is 1.53 bits per heavy atom. The van der Waals surface area contributed by atoms with E-state index in [0.29, 0.717) is 10.6 Å². The summed E-state index contributed by atoms with van der Waals surface area (Å²) >= 11 is 7.19. The zero-order valence-corrected chi connectivity index (χ0v) is 11.0. The first-order valence-corrected chi connectivity index (χ1v) is 6.49. The summed E-state index contributed by atoms with van der Waals surface area (Å²) < 4.78 is 0. The van der Waals surface area contributed by atoms with E-state index in [4.69, 9.17) is 16.9 Å². The first-order chi connectivity index (χ1) is 8.11. The summed E-state index contributed by atoms with van der Waals surface area (Å²) in [6.45, 7) is 1.56. The molecule has 0 aliphatic rings. The van der Waals surface area contributed by atoms with Crippen molar-refractivity contribution in [3.05, 3.63) is 40.4 Å². The third kappa shape index (κ3) is 5.58. The fourth-order valence-electron chi connectivity index (χ4n) is 1.26. The number of hydrogen-bond acceptors (Lipinski definition) is 3. The number of thioether (sulfide) groups is 1. The fraction of sp³-hybridized carbons (Fsp3) is 0.231. The van der Waals surface area contributed by atoms with Gasteiger partial charge in [0.25, 0.3) is 0 Å². The van der Waals surface area contributed by atoms with Gasteiger partial charge < -0.3 is 0 Å². The highest BCUT2D eigenvalue weighted by molar-refractivity contribution is 8.13. The van der Waals surface area contributed by atoms with Gasteiger partial charge in [-0.1, -0.05) is 35.5 Å². The molecule has 0 amide bonds. The molecule has 1 aromatic carbocycles. The minimum atomic E-state index is 0.132. The van der Waals surface area contributed by atoms with Gasteiger partial charge in [-0.25, -0.2) is 0 Å². The number of nitrogens with zero attached hydrogens (tertiary/aromatic N) is 1. The Balaban J connectivity index is 2.56. The third-order valence-corrected chi connectivity index (χ3v) is 3.01. The summed E-state index contributed by atoms with van der Waals surface area (Å²) in [5.41, 5.74) is 1.46. The van der Waals surface area contributed by atoms with Crippen molar-refractivity contribution in [1.82, 2.24) is 0 Å². The van der Waals surface area contributed by atoms with Crippen molar-refractivity contribution < 1.29 is 4.79 Å². The largest absolute Gasteiger partial charge is 0.288 e. The SMILES string of the molecule is CC(=O)SCCC=Cc1cc(Cl)cc(C#N)c1. The van der Waals surface area contributed by atoms with Crippen LogP contribution < -0.4 is 0 Å². The van der Waals surface area contributed by atoms with Crippen molar-refractivity contribution >= 4 is 34.6 Å². The number of carbonyl (C=O) groups excluding carboxylic acids is 1. The van der Waals surface area contributed by atoms with Crippen LogP contribution in [-0.2, 0) is 4.79 Å². The molecule has 88 valence electrons. The molecule has 0 saturated carbocycles. The molecule has 0 saturated heterocycles. The number of rotatable bonds is 4. The van der Waals surface area contributed by atoms with Crippen molar-refractivity contribution in [3.63, 3.8) is 0 Å². The summed E-state index contributed by atoms with van der Waals surface area (Å²) in [6, 6.07) is 7.27. The predicted molar refractivity (Wildman–Crippen MR) is 73.0 cm³/mol. The monoisotopic (exact) mass is 265 g/mol. The van der Waals surface area contributed by atoms with Crippen LogP contribution in [0.25, 0.3) is 6.08 Å². The van der Waals surface area contributed by atoms with Crippen LogP contribution >= 0.6 is 23.4 Å². The van der Waals surface area contributed by atoms with Crippen LogP contribution in [0.5, 0.6) is 0 Å². The molecular formula is C13H12ClNOS. The van der Waals surface area contributed by atoms with Crippen LogP contribution in [0.1, 0.15) is 24.5 Å². The molecule has 2 nitrogen and oxygen atoms in total. The van der Waals surface area contributed by atoms with E-state index in [1.165, 1.54) is 11.8 Å². The molecule has 0 atom stereocenters. The van der Waals surface area contributed by atoms with E-state index >= 15 is 0 Å². The van der Waals surface area contributed by atoms with Crippen LogP contribution in [0.15, 0.2) is 24.3 Å². The van der Waals surface area contributed by atoms with Crippen molar-refractivity contribution in [2.45, 2.75) is 13.3 Å². The maximum atomic E-state index is 10.7. The Bertz CT molecular complexity index is 477. The van der Waals surface area contributed by atoms with Crippen LogP contribution in [0.3, 0.4) is 0 Å². The minimum absolute atomic E-state index is 0.132. The Kier molecular flexibility index (Phi) is 5.82. The second-order valence-electron chi connectivity index (χ2n) is 3.42. The van der Waals surface area contributed by atoms with Gasteiger partial charge in [-0.3, -0.25) is 4.79 Å². The first-order valence-electron chi connectivity index (χ1n) is 5.12. The molecule has 17 heavy (non-hydrogen) atoms. The van der Waals surface area contributed by atoms with Crippen LogP contribution in [-0.4, -0.2) is 10.9 Å². The van der Waals surface area contributed by atoms with E-state index in [0.717, 1.165) is 17.7 Å². The molecule has 0 spiro atoms. The molecule has 0 heterocycles. The van der Waals surface area contributed by atoms with Crippen LogP contribution in [0.2, 0.25) is 5.02 Å². The van der Waals surface area contributed by atoms with Crippen LogP contribution in [0, 0.1) is 11.3 Å². The zero-order chi connectivity index (χ0) is 12.7. The second-order valence-corrected chi connectivity index (χ2v) is 5.12. The van der Waals surface area contributed by atoms with E-state index in [1.54, 1.807) is 25.1 Å². The van der Waals surface area contributed by atoms with Gasteiger partial charge in [-0.05, 0) is 30.2 Å². The summed E-state index contributed by atoms with van der Waals surface area (Å²) in [4.78, 5) is 10.7. The topological polar surface area (TPSA) is 40.9 Å². The Labute approximate surface area is 110 Å². The van der Waals surface area contributed by atoms with E-state index in [-0.39, 0.29) is 5.12 Å². The highest BCUT2D eigenvalue weighted by atomic mass is 35.5. The van der Waals surface area contributed by atoms with Gasteiger partial charge in [0.2, 0.25) is 0 Å². The van der Waals surface area contributed by atoms with Crippen LogP contribution in [0.4, 0.5) is 0 Å². The van der Waals surface area contributed by atoms with Gasteiger partial charge in [-0.15, -0.1) is 0 Å². The van der Waals surface area contributed by atoms with Gasteiger partial charge in [0.1, 0.15) is 0 Å². The molecule has 0 fully saturated rings. The maximum absolute atomic E-state index is 10.7. The van der Waals surface area contributed by atoms with Gasteiger partial charge in [-0.2, -0.15) is 5.26 Å².